The molecule has 2 rings (SSSR count). The molecular weight excluding hydrogens is 291 g/mol. The average Bonchev–Trinajstić information content (AvgIpc) is 2.30. The molecule has 0 fully saturated rings. The van der Waals surface area contributed by atoms with Gasteiger partial charge in [-0.25, -0.2) is 12.8 Å². The van der Waals surface area contributed by atoms with E-state index in [2.05, 4.69) is 0 Å². The van der Waals surface area contributed by atoms with Crippen LogP contribution in [0.2, 0.25) is 0 Å². The minimum Gasteiger partial charge on any atom is -0.457 e. The summed E-state index contributed by atoms with van der Waals surface area (Å²) in [6.07, 6.45) is 0. The molecule has 6 heteroatoms. The number of benzene rings is 2. The normalized spacial score (nSPS) is 11.3. The first kappa shape index (κ1) is 13.8. The van der Waals surface area contributed by atoms with Gasteiger partial charge in [0.1, 0.15) is 17.3 Å². The summed E-state index contributed by atoms with van der Waals surface area (Å²) < 4.78 is 40.7. The summed E-state index contributed by atoms with van der Waals surface area (Å²) in [7, 11) is 1.52. The van der Waals surface area contributed by atoms with Gasteiger partial charge in [0.15, 0.2) is 0 Å². The second kappa shape index (κ2) is 5.19. The van der Waals surface area contributed by atoms with E-state index in [-0.39, 0.29) is 10.7 Å². The predicted octanol–water partition coefficient (Wildman–Crippen LogP) is 3.85. The molecule has 3 nitrogen and oxygen atoms in total. The molecule has 2 aromatic carbocycles. The molecule has 19 heavy (non-hydrogen) atoms. The van der Waals surface area contributed by atoms with Crippen molar-refractivity contribution >= 4 is 19.7 Å². The van der Waals surface area contributed by atoms with Crippen molar-refractivity contribution in [1.82, 2.24) is 0 Å². The second-order valence-corrected chi connectivity index (χ2v) is 6.46. The molecule has 0 aromatic heterocycles. The van der Waals surface area contributed by atoms with E-state index in [0.717, 1.165) is 0 Å². The Hall–Kier alpha value is -1.59. The fraction of sp³-hybridized carbons (Fsp3) is 0.0769. The zero-order valence-corrected chi connectivity index (χ0v) is 11.5. The molecule has 0 N–H and O–H groups in total. The minimum absolute atomic E-state index is 0.0422. The molecule has 0 spiro atoms. The van der Waals surface area contributed by atoms with Crippen molar-refractivity contribution in [2.75, 3.05) is 0 Å². The van der Waals surface area contributed by atoms with Gasteiger partial charge >= 0.3 is 0 Å². The first-order chi connectivity index (χ1) is 8.86. The lowest BCUT2D eigenvalue weighted by Gasteiger charge is -2.08. The van der Waals surface area contributed by atoms with Crippen molar-refractivity contribution < 1.29 is 17.5 Å². The summed E-state index contributed by atoms with van der Waals surface area (Å²) >= 11 is 0. The molecule has 0 aliphatic rings. The highest BCUT2D eigenvalue weighted by Crippen LogP contribution is 2.27. The molecule has 2 aromatic rings. The summed E-state index contributed by atoms with van der Waals surface area (Å²) in [6.45, 7) is 1.62. The molecule has 0 aliphatic heterocycles. The van der Waals surface area contributed by atoms with E-state index in [1.807, 2.05) is 0 Å². The van der Waals surface area contributed by atoms with Crippen molar-refractivity contribution in [3.05, 3.63) is 53.8 Å². The molecule has 0 amide bonds. The van der Waals surface area contributed by atoms with E-state index in [1.165, 1.54) is 36.4 Å². The Bertz CT molecular complexity index is 696. The highest BCUT2D eigenvalue weighted by atomic mass is 35.7. The van der Waals surface area contributed by atoms with Crippen molar-refractivity contribution in [2.24, 2.45) is 0 Å². The van der Waals surface area contributed by atoms with Crippen LogP contribution in [0.25, 0.3) is 0 Å². The Balaban J connectivity index is 2.28. The van der Waals surface area contributed by atoms with E-state index in [9.17, 15) is 12.8 Å². The Labute approximate surface area is 115 Å². The lowest BCUT2D eigenvalue weighted by Crippen LogP contribution is -1.95. The van der Waals surface area contributed by atoms with Crippen molar-refractivity contribution in [2.45, 2.75) is 11.8 Å². The number of hydrogen-bond donors (Lipinski definition) is 0. The third kappa shape index (κ3) is 3.45. The SMILES string of the molecule is Cc1cc(Oc2ccc(F)cc2)ccc1S(=O)(=O)Cl. The van der Waals surface area contributed by atoms with E-state index in [4.69, 9.17) is 15.4 Å². The van der Waals surface area contributed by atoms with Crippen molar-refractivity contribution in [3.8, 4) is 11.5 Å². The van der Waals surface area contributed by atoms with Gasteiger partial charge in [-0.2, -0.15) is 0 Å². The largest absolute Gasteiger partial charge is 0.457 e. The van der Waals surface area contributed by atoms with Crippen LogP contribution < -0.4 is 4.74 Å². The van der Waals surface area contributed by atoms with Crippen molar-refractivity contribution in [3.63, 3.8) is 0 Å². The molecule has 0 saturated carbocycles. The highest BCUT2D eigenvalue weighted by molar-refractivity contribution is 8.13. The van der Waals surface area contributed by atoms with E-state index < -0.39 is 9.05 Å². The maximum absolute atomic E-state index is 12.7. The summed E-state index contributed by atoms with van der Waals surface area (Å²) in [4.78, 5) is 0.0422. The number of hydrogen-bond acceptors (Lipinski definition) is 3. The Morgan fingerprint density at radius 2 is 1.63 bits per heavy atom. The van der Waals surface area contributed by atoms with Gasteiger partial charge in [-0.15, -0.1) is 0 Å². The van der Waals surface area contributed by atoms with Crippen LogP contribution in [0.5, 0.6) is 11.5 Å². The third-order valence-corrected chi connectivity index (χ3v) is 3.94. The fourth-order valence-corrected chi connectivity index (χ4v) is 2.79. The van der Waals surface area contributed by atoms with Gasteiger partial charge < -0.3 is 4.74 Å². The number of halogens is 2. The first-order valence-electron chi connectivity index (χ1n) is 5.35. The molecule has 0 saturated heterocycles. The molecule has 0 aliphatic carbocycles. The monoisotopic (exact) mass is 300 g/mol. The Morgan fingerprint density at radius 3 is 2.16 bits per heavy atom. The molecule has 0 bridgehead atoms. The van der Waals surface area contributed by atoms with Gasteiger partial charge in [0.2, 0.25) is 0 Å². The first-order valence-corrected chi connectivity index (χ1v) is 7.66. The lowest BCUT2D eigenvalue weighted by atomic mass is 10.2. The van der Waals surface area contributed by atoms with Gasteiger partial charge in [0, 0.05) is 10.7 Å². The maximum Gasteiger partial charge on any atom is 0.261 e. The van der Waals surface area contributed by atoms with Crippen LogP contribution in [0.4, 0.5) is 4.39 Å². The minimum atomic E-state index is -3.76. The van der Waals surface area contributed by atoms with Crippen LogP contribution in [0.15, 0.2) is 47.4 Å². The Morgan fingerprint density at radius 1 is 1.05 bits per heavy atom. The molecule has 0 unspecified atom stereocenters. The van der Waals surface area contributed by atoms with Crippen LogP contribution in [0, 0.1) is 12.7 Å². The van der Waals surface area contributed by atoms with Gasteiger partial charge in [0.25, 0.3) is 9.05 Å². The van der Waals surface area contributed by atoms with Crippen LogP contribution in [0.3, 0.4) is 0 Å². The zero-order valence-electron chi connectivity index (χ0n) is 9.93. The lowest BCUT2D eigenvalue weighted by molar-refractivity contribution is 0.479. The zero-order chi connectivity index (χ0) is 14.0. The van der Waals surface area contributed by atoms with Gasteiger partial charge in [0.05, 0.1) is 4.90 Å². The fourth-order valence-electron chi connectivity index (χ4n) is 1.60. The van der Waals surface area contributed by atoms with Crippen LogP contribution >= 0.6 is 10.7 Å². The van der Waals surface area contributed by atoms with E-state index in [1.54, 1.807) is 13.0 Å². The van der Waals surface area contributed by atoms with Crippen molar-refractivity contribution in [1.29, 1.82) is 0 Å². The highest BCUT2D eigenvalue weighted by Gasteiger charge is 2.13. The number of rotatable bonds is 3. The number of aryl methyl sites for hydroxylation is 1. The van der Waals surface area contributed by atoms with Gasteiger partial charge in [-0.05, 0) is 55.0 Å². The third-order valence-electron chi connectivity index (χ3n) is 2.46. The van der Waals surface area contributed by atoms with Crippen LogP contribution in [-0.4, -0.2) is 8.42 Å². The quantitative estimate of drug-likeness (QED) is 0.809. The Kier molecular flexibility index (Phi) is 3.78. The average molecular weight is 301 g/mol. The van der Waals surface area contributed by atoms with E-state index in [0.29, 0.717) is 17.1 Å². The van der Waals surface area contributed by atoms with Crippen LogP contribution in [-0.2, 0) is 9.05 Å². The van der Waals surface area contributed by atoms with Crippen LogP contribution in [0.1, 0.15) is 5.56 Å². The summed E-state index contributed by atoms with van der Waals surface area (Å²) in [5.74, 6) is 0.558. The van der Waals surface area contributed by atoms with E-state index >= 15 is 0 Å². The molecule has 100 valence electrons. The summed E-state index contributed by atoms with van der Waals surface area (Å²) in [6, 6.07) is 9.94. The summed E-state index contributed by atoms with van der Waals surface area (Å²) in [5.41, 5.74) is 0.481. The topological polar surface area (TPSA) is 43.4 Å². The molecule has 0 atom stereocenters. The molecule has 0 heterocycles. The summed E-state index contributed by atoms with van der Waals surface area (Å²) in [5, 5.41) is 0. The second-order valence-electron chi connectivity index (χ2n) is 3.92. The molecule has 0 radical (unpaired) electrons. The van der Waals surface area contributed by atoms with Gasteiger partial charge in [-0.3, -0.25) is 0 Å². The maximum atomic E-state index is 12.7. The standard InChI is InChI=1S/C13H10ClFO3S/c1-9-8-12(6-7-13(9)19(14,16)17)18-11-4-2-10(15)3-5-11/h2-8H,1H3. The molecular formula is C13H10ClFO3S. The predicted molar refractivity (Wildman–Crippen MR) is 70.7 cm³/mol. The number of ether oxygens (including phenoxy) is 1. The van der Waals surface area contributed by atoms with Gasteiger partial charge in [-0.1, -0.05) is 0 Å². The smallest absolute Gasteiger partial charge is 0.261 e.